The molecular weight excluding hydrogens is 336 g/mol. The van der Waals surface area contributed by atoms with Crippen LogP contribution in [0.4, 0.5) is 0 Å². The van der Waals surface area contributed by atoms with E-state index in [0.29, 0.717) is 16.6 Å². The van der Waals surface area contributed by atoms with Gasteiger partial charge in [0.2, 0.25) is 5.91 Å². The summed E-state index contributed by atoms with van der Waals surface area (Å²) < 4.78 is 10.4. The van der Waals surface area contributed by atoms with Gasteiger partial charge >= 0.3 is 0 Å². The molecule has 0 aliphatic heterocycles. The summed E-state index contributed by atoms with van der Waals surface area (Å²) >= 11 is 5.12. The molecule has 0 aromatic heterocycles. The van der Waals surface area contributed by atoms with E-state index in [1.807, 2.05) is 6.07 Å². The van der Waals surface area contributed by atoms with Gasteiger partial charge in [0.1, 0.15) is 0 Å². The highest BCUT2D eigenvalue weighted by molar-refractivity contribution is 7.80. The topological polar surface area (TPSA) is 59.6 Å². The first-order valence-corrected chi connectivity index (χ1v) is 9.00. The van der Waals surface area contributed by atoms with E-state index in [9.17, 15) is 4.79 Å². The normalized spacial score (nSPS) is 10.5. The molecule has 0 unspecified atom stereocenters. The third-order valence-corrected chi connectivity index (χ3v) is 3.88. The molecule has 1 aromatic rings. The summed E-state index contributed by atoms with van der Waals surface area (Å²) in [6.07, 6.45) is 9.11. The first kappa shape index (κ1) is 21.0. The van der Waals surface area contributed by atoms with Crippen molar-refractivity contribution in [1.29, 1.82) is 0 Å². The van der Waals surface area contributed by atoms with E-state index in [1.54, 1.807) is 32.4 Å². The van der Waals surface area contributed by atoms with Crippen LogP contribution in [0, 0.1) is 0 Å². The Balaban J connectivity index is 2.38. The minimum absolute atomic E-state index is 0.265. The number of amides is 1. The van der Waals surface area contributed by atoms with Gasteiger partial charge in [-0.15, -0.1) is 0 Å². The maximum Gasteiger partial charge on any atom is 0.250 e. The second kappa shape index (κ2) is 12.3. The molecule has 0 atom stereocenters. The average molecular weight is 365 g/mol. The quantitative estimate of drug-likeness (QED) is 0.377. The number of hydrogen-bond donors (Lipinski definition) is 2. The zero-order chi connectivity index (χ0) is 18.5. The minimum Gasteiger partial charge on any atom is -0.493 e. The van der Waals surface area contributed by atoms with E-state index in [2.05, 4.69) is 17.6 Å². The Morgan fingerprint density at radius 2 is 1.84 bits per heavy atom. The van der Waals surface area contributed by atoms with Crippen molar-refractivity contribution < 1.29 is 14.3 Å². The van der Waals surface area contributed by atoms with E-state index >= 15 is 0 Å². The molecule has 0 radical (unpaired) electrons. The molecule has 0 saturated heterocycles. The largest absolute Gasteiger partial charge is 0.493 e. The van der Waals surface area contributed by atoms with Crippen molar-refractivity contribution in [2.45, 2.75) is 39.0 Å². The summed E-state index contributed by atoms with van der Waals surface area (Å²) in [5.41, 5.74) is 0.836. The van der Waals surface area contributed by atoms with Crippen LogP contribution in [0.1, 0.15) is 44.6 Å². The lowest BCUT2D eigenvalue weighted by molar-refractivity contribution is -0.115. The number of methoxy groups -OCH3 is 2. The fourth-order valence-corrected chi connectivity index (χ4v) is 2.46. The van der Waals surface area contributed by atoms with Crippen LogP contribution in [0.2, 0.25) is 0 Å². The molecule has 0 saturated carbocycles. The maximum atomic E-state index is 11.9. The molecule has 0 bridgehead atoms. The van der Waals surface area contributed by atoms with Crippen LogP contribution in [0.5, 0.6) is 11.5 Å². The summed E-state index contributed by atoms with van der Waals surface area (Å²) in [6.45, 7) is 2.97. The lowest BCUT2D eigenvalue weighted by Crippen LogP contribution is -2.38. The smallest absolute Gasteiger partial charge is 0.250 e. The third kappa shape index (κ3) is 8.54. The number of rotatable bonds is 10. The zero-order valence-electron chi connectivity index (χ0n) is 15.3. The summed E-state index contributed by atoms with van der Waals surface area (Å²) in [6, 6.07) is 5.44. The van der Waals surface area contributed by atoms with E-state index in [1.165, 1.54) is 31.8 Å². The molecule has 5 nitrogen and oxygen atoms in total. The van der Waals surface area contributed by atoms with Crippen LogP contribution in [-0.2, 0) is 4.79 Å². The van der Waals surface area contributed by atoms with Gasteiger partial charge in [0, 0.05) is 12.6 Å². The van der Waals surface area contributed by atoms with Gasteiger partial charge in [-0.05, 0) is 42.4 Å². The number of ether oxygens (including phenoxy) is 2. The number of thiocarbonyl (C=S) groups is 1. The van der Waals surface area contributed by atoms with Gasteiger partial charge in [0.15, 0.2) is 16.6 Å². The van der Waals surface area contributed by atoms with Crippen LogP contribution in [0.25, 0.3) is 6.08 Å². The summed E-state index contributed by atoms with van der Waals surface area (Å²) in [5, 5.41) is 6.05. The van der Waals surface area contributed by atoms with Crippen molar-refractivity contribution in [2.75, 3.05) is 20.8 Å². The summed E-state index contributed by atoms with van der Waals surface area (Å²) in [7, 11) is 3.16. The molecule has 25 heavy (non-hydrogen) atoms. The van der Waals surface area contributed by atoms with Crippen LogP contribution in [0.3, 0.4) is 0 Å². The van der Waals surface area contributed by atoms with Gasteiger partial charge < -0.3 is 14.8 Å². The van der Waals surface area contributed by atoms with Crippen molar-refractivity contribution in [3.63, 3.8) is 0 Å². The van der Waals surface area contributed by atoms with Crippen molar-refractivity contribution in [2.24, 2.45) is 0 Å². The Morgan fingerprint density at radius 1 is 1.12 bits per heavy atom. The van der Waals surface area contributed by atoms with Gasteiger partial charge in [-0.25, -0.2) is 0 Å². The first-order valence-electron chi connectivity index (χ1n) is 8.59. The van der Waals surface area contributed by atoms with Gasteiger partial charge in [-0.2, -0.15) is 0 Å². The third-order valence-electron chi connectivity index (χ3n) is 3.64. The predicted molar refractivity (Wildman–Crippen MR) is 106 cm³/mol. The van der Waals surface area contributed by atoms with Crippen LogP contribution >= 0.6 is 12.2 Å². The van der Waals surface area contributed by atoms with Crippen molar-refractivity contribution in [3.8, 4) is 11.5 Å². The average Bonchev–Trinajstić information content (AvgIpc) is 2.62. The maximum absolute atomic E-state index is 11.9. The van der Waals surface area contributed by atoms with E-state index in [4.69, 9.17) is 21.7 Å². The molecule has 2 N–H and O–H groups in total. The lowest BCUT2D eigenvalue weighted by Gasteiger charge is -2.08. The molecule has 6 heteroatoms. The number of carbonyl (C=O) groups is 1. The molecule has 0 aliphatic rings. The van der Waals surface area contributed by atoms with Crippen LogP contribution < -0.4 is 20.1 Å². The Kier molecular flexibility index (Phi) is 10.3. The molecule has 1 rings (SSSR count). The zero-order valence-corrected chi connectivity index (χ0v) is 16.1. The molecule has 1 aromatic carbocycles. The predicted octanol–water partition coefficient (Wildman–Crippen LogP) is 3.68. The standard InChI is InChI=1S/C19H28N2O3S/c1-4-5-6-7-8-13-20-19(25)21-18(22)12-10-15-9-11-16(23-2)17(14-15)24-3/h9-12,14H,4-8,13H2,1-3H3,(H2,20,21,22,25). The molecule has 0 fully saturated rings. The fraction of sp³-hybridized carbons (Fsp3) is 0.474. The van der Waals surface area contributed by atoms with Crippen LogP contribution in [0.15, 0.2) is 24.3 Å². The first-order chi connectivity index (χ1) is 12.1. The SMILES string of the molecule is CCCCCCCNC(=S)NC(=O)C=Cc1ccc(OC)c(OC)c1. The van der Waals surface area contributed by atoms with E-state index < -0.39 is 0 Å². The molecule has 1 amide bonds. The molecule has 0 aliphatic carbocycles. The lowest BCUT2D eigenvalue weighted by atomic mass is 10.1. The molecule has 0 heterocycles. The van der Waals surface area contributed by atoms with E-state index in [-0.39, 0.29) is 5.91 Å². The summed E-state index contributed by atoms with van der Waals surface area (Å²) in [4.78, 5) is 11.9. The molecule has 0 spiro atoms. The number of hydrogen-bond acceptors (Lipinski definition) is 4. The highest BCUT2D eigenvalue weighted by Crippen LogP contribution is 2.27. The Labute approximate surface area is 155 Å². The van der Waals surface area contributed by atoms with Crippen molar-refractivity contribution in [1.82, 2.24) is 10.6 Å². The van der Waals surface area contributed by atoms with Crippen molar-refractivity contribution in [3.05, 3.63) is 29.8 Å². The van der Waals surface area contributed by atoms with Gasteiger partial charge in [-0.3, -0.25) is 10.1 Å². The second-order valence-electron chi connectivity index (χ2n) is 5.61. The van der Waals surface area contributed by atoms with Gasteiger partial charge in [0.25, 0.3) is 0 Å². The summed E-state index contributed by atoms with van der Waals surface area (Å²) in [5.74, 6) is 0.997. The monoisotopic (exact) mass is 364 g/mol. The Hall–Kier alpha value is -2.08. The number of unbranched alkanes of at least 4 members (excludes halogenated alkanes) is 4. The highest BCUT2D eigenvalue weighted by atomic mass is 32.1. The van der Waals surface area contributed by atoms with Gasteiger partial charge in [-0.1, -0.05) is 38.7 Å². The number of carbonyl (C=O) groups excluding carboxylic acids is 1. The fourth-order valence-electron chi connectivity index (χ4n) is 2.26. The minimum atomic E-state index is -0.265. The highest BCUT2D eigenvalue weighted by Gasteiger charge is 2.04. The van der Waals surface area contributed by atoms with E-state index in [0.717, 1.165) is 18.5 Å². The van der Waals surface area contributed by atoms with Crippen molar-refractivity contribution >= 4 is 29.3 Å². The number of nitrogens with one attached hydrogen (secondary N) is 2. The van der Waals surface area contributed by atoms with Gasteiger partial charge in [0.05, 0.1) is 14.2 Å². The molecule has 138 valence electrons. The number of benzene rings is 1. The molecular formula is C19H28N2O3S. The second-order valence-corrected chi connectivity index (χ2v) is 6.02. The Morgan fingerprint density at radius 3 is 2.52 bits per heavy atom. The van der Waals surface area contributed by atoms with Crippen LogP contribution in [-0.4, -0.2) is 31.8 Å². The Bertz CT molecular complexity index is 588.